The van der Waals surface area contributed by atoms with Crippen molar-refractivity contribution in [2.75, 3.05) is 4.90 Å². The Labute approximate surface area is 117 Å². The lowest BCUT2D eigenvalue weighted by atomic mass is 9.85. The molecule has 0 aromatic heterocycles. The van der Waals surface area contributed by atoms with Crippen LogP contribution in [-0.2, 0) is 9.59 Å². The van der Waals surface area contributed by atoms with Crippen molar-refractivity contribution in [2.24, 2.45) is 29.1 Å². The Morgan fingerprint density at radius 2 is 1.45 bits per heavy atom. The molecule has 1 aliphatic heterocycles. The quantitative estimate of drug-likeness (QED) is 0.577. The highest BCUT2D eigenvalue weighted by atomic mass is 16.2. The monoisotopic (exact) mass is 265 g/mol. The molecule has 1 saturated heterocycles. The van der Waals surface area contributed by atoms with Crippen LogP contribution < -0.4 is 4.90 Å². The Morgan fingerprint density at radius 1 is 0.900 bits per heavy atom. The third-order valence-electron chi connectivity index (χ3n) is 5.87. The second kappa shape index (κ2) is 3.22. The van der Waals surface area contributed by atoms with Gasteiger partial charge in [-0.1, -0.05) is 30.4 Å². The van der Waals surface area contributed by atoms with Gasteiger partial charge in [0.25, 0.3) is 0 Å². The van der Waals surface area contributed by atoms with Crippen LogP contribution in [0.15, 0.2) is 42.5 Å². The molecular formula is C17H15NO2. The minimum atomic E-state index is -0.0970. The van der Waals surface area contributed by atoms with Crippen molar-refractivity contribution in [1.29, 1.82) is 0 Å². The summed E-state index contributed by atoms with van der Waals surface area (Å²) < 4.78 is 0. The van der Waals surface area contributed by atoms with Gasteiger partial charge < -0.3 is 0 Å². The largest absolute Gasteiger partial charge is 0.274 e. The molecule has 3 aliphatic carbocycles. The fourth-order valence-corrected chi connectivity index (χ4v) is 4.91. The first-order valence-corrected chi connectivity index (χ1v) is 7.35. The maximum absolute atomic E-state index is 12.8. The average molecular weight is 265 g/mol. The van der Waals surface area contributed by atoms with Gasteiger partial charge in [0, 0.05) is 0 Å². The van der Waals surface area contributed by atoms with Crippen molar-refractivity contribution < 1.29 is 9.59 Å². The molecule has 0 N–H and O–H groups in total. The zero-order valence-corrected chi connectivity index (χ0v) is 11.0. The number of rotatable bonds is 1. The van der Waals surface area contributed by atoms with Gasteiger partial charge in [-0.05, 0) is 42.2 Å². The zero-order chi connectivity index (χ0) is 13.5. The van der Waals surface area contributed by atoms with E-state index in [-0.39, 0.29) is 29.1 Å². The van der Waals surface area contributed by atoms with Gasteiger partial charge in [0.15, 0.2) is 0 Å². The first-order chi connectivity index (χ1) is 9.74. The number of para-hydroxylation sites is 1. The van der Waals surface area contributed by atoms with Crippen LogP contribution in [0.4, 0.5) is 5.69 Å². The van der Waals surface area contributed by atoms with Gasteiger partial charge in [-0.15, -0.1) is 0 Å². The number of anilines is 1. The molecule has 0 unspecified atom stereocenters. The van der Waals surface area contributed by atoms with E-state index in [1.807, 2.05) is 30.3 Å². The smallest absolute Gasteiger partial charge is 0.238 e. The highest BCUT2D eigenvalue weighted by molar-refractivity contribution is 6.23. The van der Waals surface area contributed by atoms with E-state index < -0.39 is 0 Å². The number of nitrogens with zero attached hydrogens (tertiary/aromatic N) is 1. The highest BCUT2D eigenvalue weighted by Crippen LogP contribution is 2.73. The van der Waals surface area contributed by atoms with Crippen molar-refractivity contribution in [3.8, 4) is 0 Å². The standard InChI is InChI=1S/C17H15NO2/c19-15-13-11-6-7-12(17(11)8-9-17)14(13)16(20)18(15)10-4-2-1-3-5-10/h1-7,11-14H,8-9H2/t11-,12-,13+,14+/m1/s1. The van der Waals surface area contributed by atoms with Crippen molar-refractivity contribution >= 4 is 17.5 Å². The molecule has 100 valence electrons. The molecule has 3 fully saturated rings. The lowest BCUT2D eigenvalue weighted by Crippen LogP contribution is -2.34. The molecular weight excluding hydrogens is 250 g/mol. The Balaban J connectivity index is 1.60. The van der Waals surface area contributed by atoms with Crippen LogP contribution >= 0.6 is 0 Å². The molecule has 2 bridgehead atoms. The lowest BCUT2D eigenvalue weighted by Gasteiger charge is -2.21. The van der Waals surface area contributed by atoms with Crippen LogP contribution in [0.25, 0.3) is 0 Å². The average Bonchev–Trinajstić information content (AvgIpc) is 3.06. The summed E-state index contributed by atoms with van der Waals surface area (Å²) in [6.45, 7) is 0. The van der Waals surface area contributed by atoms with Crippen LogP contribution in [0.2, 0.25) is 0 Å². The molecule has 20 heavy (non-hydrogen) atoms. The van der Waals surface area contributed by atoms with Crippen LogP contribution in [0, 0.1) is 29.1 Å². The Morgan fingerprint density at radius 3 is 1.95 bits per heavy atom. The van der Waals surface area contributed by atoms with E-state index in [0.717, 1.165) is 5.69 Å². The molecule has 0 radical (unpaired) electrons. The lowest BCUT2D eigenvalue weighted by molar-refractivity contribution is -0.123. The molecule has 1 aromatic carbocycles. The second-order valence-electron chi connectivity index (χ2n) is 6.57. The predicted octanol–water partition coefficient (Wildman–Crippen LogP) is 2.39. The van der Waals surface area contributed by atoms with Crippen LogP contribution in [0.1, 0.15) is 12.8 Å². The number of amides is 2. The molecule has 3 heteroatoms. The van der Waals surface area contributed by atoms with Gasteiger partial charge in [-0.3, -0.25) is 14.5 Å². The first-order valence-electron chi connectivity index (χ1n) is 7.35. The third kappa shape index (κ3) is 1.02. The van der Waals surface area contributed by atoms with Crippen LogP contribution in [-0.4, -0.2) is 11.8 Å². The van der Waals surface area contributed by atoms with E-state index in [1.54, 1.807) is 0 Å². The van der Waals surface area contributed by atoms with Crippen LogP contribution in [0.5, 0.6) is 0 Å². The van der Waals surface area contributed by atoms with Gasteiger partial charge in [0.1, 0.15) is 0 Å². The van der Waals surface area contributed by atoms with E-state index in [0.29, 0.717) is 11.8 Å². The number of hydrogen-bond acceptors (Lipinski definition) is 2. The highest BCUT2D eigenvalue weighted by Gasteiger charge is 2.73. The summed E-state index contributed by atoms with van der Waals surface area (Å²) in [5.41, 5.74) is 1.00. The van der Waals surface area contributed by atoms with Gasteiger partial charge in [0.05, 0.1) is 17.5 Å². The van der Waals surface area contributed by atoms with E-state index in [4.69, 9.17) is 0 Å². The Bertz CT molecular complexity index is 625. The molecule has 1 spiro atoms. The van der Waals surface area contributed by atoms with Crippen molar-refractivity contribution in [3.63, 3.8) is 0 Å². The predicted molar refractivity (Wildman–Crippen MR) is 73.7 cm³/mol. The molecule has 2 amide bonds. The third-order valence-corrected chi connectivity index (χ3v) is 5.87. The number of carbonyl (C=O) groups is 2. The number of fused-ring (bicyclic) bond motifs is 3. The molecule has 4 atom stereocenters. The minimum Gasteiger partial charge on any atom is -0.274 e. The Kier molecular flexibility index (Phi) is 1.74. The summed E-state index contributed by atoms with van der Waals surface area (Å²) in [6, 6.07) is 9.34. The van der Waals surface area contributed by atoms with Crippen LogP contribution in [0.3, 0.4) is 0 Å². The normalized spacial score (nSPS) is 38.9. The molecule has 1 aromatic rings. The fraction of sp³-hybridized carbons (Fsp3) is 0.412. The van der Waals surface area contributed by atoms with Gasteiger partial charge >= 0.3 is 0 Å². The van der Waals surface area contributed by atoms with Gasteiger partial charge in [-0.25, -0.2) is 0 Å². The summed E-state index contributed by atoms with van der Waals surface area (Å²) >= 11 is 0. The van der Waals surface area contributed by atoms with E-state index in [1.165, 1.54) is 17.7 Å². The first kappa shape index (κ1) is 10.8. The molecule has 1 heterocycles. The van der Waals surface area contributed by atoms with Crippen molar-refractivity contribution in [2.45, 2.75) is 12.8 Å². The second-order valence-corrected chi connectivity index (χ2v) is 6.57. The number of benzene rings is 1. The summed E-state index contributed by atoms with van der Waals surface area (Å²) in [5.74, 6) is 0.467. The number of imide groups is 1. The van der Waals surface area contributed by atoms with E-state index in [2.05, 4.69) is 12.2 Å². The maximum atomic E-state index is 12.8. The summed E-state index contributed by atoms with van der Waals surface area (Å²) in [5, 5.41) is 0. The maximum Gasteiger partial charge on any atom is 0.238 e. The molecule has 4 aliphatic rings. The zero-order valence-electron chi connectivity index (χ0n) is 11.0. The summed E-state index contributed by atoms with van der Waals surface area (Å²) in [7, 11) is 0. The fourth-order valence-electron chi connectivity index (χ4n) is 4.91. The summed E-state index contributed by atoms with van der Waals surface area (Å²) in [6.07, 6.45) is 6.79. The van der Waals surface area contributed by atoms with Crippen molar-refractivity contribution in [1.82, 2.24) is 0 Å². The van der Waals surface area contributed by atoms with Gasteiger partial charge in [0.2, 0.25) is 11.8 Å². The van der Waals surface area contributed by atoms with Gasteiger partial charge in [-0.2, -0.15) is 0 Å². The number of hydrogen-bond donors (Lipinski definition) is 0. The van der Waals surface area contributed by atoms with E-state index >= 15 is 0 Å². The number of allylic oxidation sites excluding steroid dienone is 2. The number of carbonyl (C=O) groups excluding carboxylic acids is 2. The minimum absolute atomic E-state index is 0.0225. The molecule has 5 rings (SSSR count). The summed E-state index contributed by atoms with van der Waals surface area (Å²) in [4.78, 5) is 27.0. The Hall–Kier alpha value is -1.90. The molecule has 3 nitrogen and oxygen atoms in total. The van der Waals surface area contributed by atoms with Crippen molar-refractivity contribution in [3.05, 3.63) is 42.5 Å². The topological polar surface area (TPSA) is 37.4 Å². The van der Waals surface area contributed by atoms with E-state index in [9.17, 15) is 9.59 Å². The molecule has 2 saturated carbocycles. The SMILES string of the molecule is O=C1[C@@H]2[C@@H](C(=O)N1c1ccccc1)[C@H]1C=C[C@H]2C12CC2.